The number of hydrogen-bond acceptors (Lipinski definition) is 4. The summed E-state index contributed by atoms with van der Waals surface area (Å²) in [5, 5.41) is 6.32. The lowest BCUT2D eigenvalue weighted by atomic mass is 9.75. The molecule has 6 heteroatoms. The summed E-state index contributed by atoms with van der Waals surface area (Å²) in [7, 11) is 1.57. The Balaban J connectivity index is 1.80. The Labute approximate surface area is 184 Å². The lowest BCUT2D eigenvalue weighted by Crippen LogP contribution is -2.35. The molecule has 0 spiro atoms. The molecule has 2 aliphatic rings. The molecule has 1 heterocycles. The number of anilines is 1. The molecule has 1 aliphatic carbocycles. The largest absolute Gasteiger partial charge is 0.495 e. The summed E-state index contributed by atoms with van der Waals surface area (Å²) in [6.07, 6.45) is 2.14. The summed E-state index contributed by atoms with van der Waals surface area (Å²) in [4.78, 5) is 26.4. The van der Waals surface area contributed by atoms with Crippen molar-refractivity contribution in [3.05, 3.63) is 81.1 Å². The van der Waals surface area contributed by atoms with Gasteiger partial charge in [-0.05, 0) is 49.6 Å². The normalized spacial score (nSPS) is 18.6. The molecule has 0 saturated carbocycles. The molecule has 0 bridgehead atoms. The third-order valence-electron chi connectivity index (χ3n) is 5.56. The van der Waals surface area contributed by atoms with Gasteiger partial charge in [0.15, 0.2) is 5.78 Å². The van der Waals surface area contributed by atoms with Crippen LogP contribution in [0.5, 0.6) is 5.75 Å². The number of methoxy groups -OCH3 is 1. The molecule has 0 radical (unpaired) electrons. The van der Waals surface area contributed by atoms with Gasteiger partial charge in [0, 0.05) is 39.4 Å². The summed E-state index contributed by atoms with van der Waals surface area (Å²) in [5.41, 5.74) is 4.46. The third-order valence-corrected chi connectivity index (χ3v) is 6.05. The van der Waals surface area contributed by atoms with Crippen molar-refractivity contribution in [3.8, 4) is 5.75 Å². The summed E-state index contributed by atoms with van der Waals surface area (Å²) in [5.74, 6) is 0.0185. The van der Waals surface area contributed by atoms with Crippen LogP contribution in [0.4, 0.5) is 5.69 Å². The SMILES string of the molecule is COc1ccccc1NC(=O)C1=C(C)NC2=C(C(=O)CCC2)[C@@H]1c1cccc(Br)c1. The molecular formula is C24H23BrN2O3. The summed E-state index contributed by atoms with van der Waals surface area (Å²) in [6.45, 7) is 1.89. The van der Waals surface area contributed by atoms with Gasteiger partial charge >= 0.3 is 0 Å². The minimum atomic E-state index is -0.416. The zero-order valence-corrected chi connectivity index (χ0v) is 18.5. The minimum absolute atomic E-state index is 0.101. The van der Waals surface area contributed by atoms with Crippen LogP contribution in [-0.2, 0) is 9.59 Å². The van der Waals surface area contributed by atoms with Gasteiger partial charge in [-0.25, -0.2) is 0 Å². The molecule has 4 rings (SSSR count). The number of ketones is 1. The second-order valence-electron chi connectivity index (χ2n) is 7.48. The van der Waals surface area contributed by atoms with Gasteiger partial charge in [-0.1, -0.05) is 40.2 Å². The summed E-state index contributed by atoms with van der Waals surface area (Å²) < 4.78 is 6.28. The van der Waals surface area contributed by atoms with Crippen LogP contribution in [0.25, 0.3) is 0 Å². The van der Waals surface area contributed by atoms with Gasteiger partial charge in [0.1, 0.15) is 5.75 Å². The van der Waals surface area contributed by atoms with E-state index in [0.29, 0.717) is 29.0 Å². The molecule has 0 aromatic heterocycles. The molecule has 2 aromatic carbocycles. The van der Waals surface area contributed by atoms with Gasteiger partial charge < -0.3 is 15.4 Å². The van der Waals surface area contributed by atoms with Crippen molar-refractivity contribution in [1.82, 2.24) is 5.32 Å². The van der Waals surface area contributed by atoms with Crippen molar-refractivity contribution in [2.45, 2.75) is 32.1 Å². The smallest absolute Gasteiger partial charge is 0.254 e. The molecule has 1 amide bonds. The van der Waals surface area contributed by atoms with E-state index in [1.807, 2.05) is 43.3 Å². The first kappa shape index (κ1) is 20.4. The standard InChI is InChI=1S/C24H23BrN2O3/c1-14-21(24(29)27-17-9-3-4-12-20(17)30-2)22(15-7-5-8-16(25)13-15)23-18(26-14)10-6-11-19(23)28/h3-5,7-9,12-13,22,26H,6,10-11H2,1-2H3,(H,27,29)/t22-/m1/s1. The van der Waals surface area contributed by atoms with E-state index in [1.54, 1.807) is 19.2 Å². The van der Waals surface area contributed by atoms with E-state index in [2.05, 4.69) is 26.6 Å². The van der Waals surface area contributed by atoms with Crippen molar-refractivity contribution in [1.29, 1.82) is 0 Å². The van der Waals surface area contributed by atoms with Crippen LogP contribution in [0.2, 0.25) is 0 Å². The first-order valence-electron chi connectivity index (χ1n) is 9.93. The quantitative estimate of drug-likeness (QED) is 0.660. The highest BCUT2D eigenvalue weighted by molar-refractivity contribution is 9.10. The van der Waals surface area contributed by atoms with Gasteiger partial charge in [-0.3, -0.25) is 9.59 Å². The number of amides is 1. The van der Waals surface area contributed by atoms with Gasteiger partial charge in [0.25, 0.3) is 5.91 Å². The Morgan fingerprint density at radius 2 is 1.97 bits per heavy atom. The van der Waals surface area contributed by atoms with Crippen LogP contribution in [0.15, 0.2) is 75.5 Å². The molecule has 30 heavy (non-hydrogen) atoms. The number of para-hydroxylation sites is 2. The number of carbonyl (C=O) groups excluding carboxylic acids is 2. The first-order chi connectivity index (χ1) is 14.5. The zero-order chi connectivity index (χ0) is 21.3. The number of benzene rings is 2. The molecule has 2 aromatic rings. The summed E-state index contributed by atoms with van der Waals surface area (Å²) in [6, 6.07) is 15.1. The maximum atomic E-state index is 13.5. The number of hydrogen-bond donors (Lipinski definition) is 2. The average molecular weight is 467 g/mol. The van der Waals surface area contributed by atoms with E-state index < -0.39 is 5.92 Å². The van der Waals surface area contributed by atoms with E-state index in [0.717, 1.165) is 34.3 Å². The van der Waals surface area contributed by atoms with Gasteiger partial charge in [-0.15, -0.1) is 0 Å². The second kappa shape index (κ2) is 8.48. The highest BCUT2D eigenvalue weighted by Gasteiger charge is 2.38. The number of halogens is 1. The first-order valence-corrected chi connectivity index (χ1v) is 10.7. The Morgan fingerprint density at radius 1 is 1.17 bits per heavy atom. The topological polar surface area (TPSA) is 67.4 Å². The molecule has 2 N–H and O–H groups in total. The van der Waals surface area contributed by atoms with Crippen LogP contribution in [0.3, 0.4) is 0 Å². The number of nitrogens with one attached hydrogen (secondary N) is 2. The number of rotatable bonds is 4. The van der Waals surface area contributed by atoms with E-state index in [4.69, 9.17) is 4.74 Å². The molecule has 0 unspecified atom stereocenters. The van der Waals surface area contributed by atoms with Crippen molar-refractivity contribution in [2.75, 3.05) is 12.4 Å². The second-order valence-corrected chi connectivity index (χ2v) is 8.39. The lowest BCUT2D eigenvalue weighted by Gasteiger charge is -2.34. The molecule has 5 nitrogen and oxygen atoms in total. The van der Waals surface area contributed by atoms with Crippen molar-refractivity contribution >= 4 is 33.3 Å². The number of dihydropyridines is 1. The predicted octanol–water partition coefficient (Wildman–Crippen LogP) is 5.06. The molecule has 0 saturated heterocycles. The Kier molecular flexibility index (Phi) is 5.77. The Bertz CT molecular complexity index is 1090. The summed E-state index contributed by atoms with van der Waals surface area (Å²) >= 11 is 3.53. The maximum Gasteiger partial charge on any atom is 0.254 e. The van der Waals surface area contributed by atoms with Crippen molar-refractivity contribution in [2.24, 2.45) is 0 Å². The van der Waals surface area contributed by atoms with E-state index in [9.17, 15) is 9.59 Å². The van der Waals surface area contributed by atoms with Crippen molar-refractivity contribution < 1.29 is 14.3 Å². The van der Waals surface area contributed by atoms with Crippen LogP contribution in [0, 0.1) is 0 Å². The number of Topliss-reactive ketones (excluding diaryl/α,β-unsaturated/α-hetero) is 1. The molecule has 1 atom stereocenters. The fraction of sp³-hybridized carbons (Fsp3) is 0.250. The van der Waals surface area contributed by atoms with Crippen LogP contribution in [0.1, 0.15) is 37.7 Å². The van der Waals surface area contributed by atoms with E-state index >= 15 is 0 Å². The molecule has 1 aliphatic heterocycles. The average Bonchev–Trinajstić information content (AvgIpc) is 2.73. The monoisotopic (exact) mass is 466 g/mol. The van der Waals surface area contributed by atoms with Crippen molar-refractivity contribution in [3.63, 3.8) is 0 Å². The fourth-order valence-electron chi connectivity index (χ4n) is 4.24. The molecular weight excluding hydrogens is 444 g/mol. The molecule has 0 fully saturated rings. The third kappa shape index (κ3) is 3.79. The predicted molar refractivity (Wildman–Crippen MR) is 120 cm³/mol. The minimum Gasteiger partial charge on any atom is -0.495 e. The van der Waals surface area contributed by atoms with Crippen LogP contribution >= 0.6 is 15.9 Å². The molecule has 154 valence electrons. The zero-order valence-electron chi connectivity index (χ0n) is 16.9. The van der Waals surface area contributed by atoms with E-state index in [1.165, 1.54) is 0 Å². The van der Waals surface area contributed by atoms with Crippen LogP contribution in [-0.4, -0.2) is 18.8 Å². The van der Waals surface area contributed by atoms with Gasteiger partial charge in [0.2, 0.25) is 0 Å². The highest BCUT2D eigenvalue weighted by atomic mass is 79.9. The number of carbonyl (C=O) groups is 2. The Morgan fingerprint density at radius 3 is 2.73 bits per heavy atom. The Hall–Kier alpha value is -2.86. The maximum absolute atomic E-state index is 13.5. The lowest BCUT2D eigenvalue weighted by molar-refractivity contribution is -0.116. The number of ether oxygens (including phenoxy) is 1. The van der Waals surface area contributed by atoms with Crippen LogP contribution < -0.4 is 15.4 Å². The highest BCUT2D eigenvalue weighted by Crippen LogP contribution is 2.43. The van der Waals surface area contributed by atoms with Gasteiger partial charge in [0.05, 0.1) is 12.8 Å². The fourth-order valence-corrected chi connectivity index (χ4v) is 4.66. The van der Waals surface area contributed by atoms with E-state index in [-0.39, 0.29) is 11.7 Å². The van der Waals surface area contributed by atoms with Gasteiger partial charge in [-0.2, -0.15) is 0 Å². The number of allylic oxidation sites excluding steroid dienone is 3.